The number of piperazine rings is 2. The number of nitrogens with two attached hydrogens (primary N) is 1. The van der Waals surface area contributed by atoms with E-state index in [4.69, 9.17) is 15.8 Å². The van der Waals surface area contributed by atoms with Gasteiger partial charge in [0, 0.05) is 57.8 Å². The van der Waals surface area contributed by atoms with Crippen molar-refractivity contribution in [3.8, 4) is 6.19 Å². The number of primary amides is 1. The Hall–Kier alpha value is -2.42. The van der Waals surface area contributed by atoms with Crippen molar-refractivity contribution in [1.29, 1.82) is 5.26 Å². The third kappa shape index (κ3) is 5.45. The molecular formula is C25H42N8O3. The number of carbonyl (C=O) groups is 2. The maximum Gasteiger partial charge on any atom is 0.407 e. The van der Waals surface area contributed by atoms with Crippen LogP contribution in [0.1, 0.15) is 46.0 Å². The molecule has 2 saturated heterocycles. The highest BCUT2D eigenvalue weighted by Gasteiger charge is 2.58. The normalized spacial score (nSPS) is 34.4. The lowest BCUT2D eigenvalue weighted by Gasteiger charge is -2.58. The summed E-state index contributed by atoms with van der Waals surface area (Å²) in [7, 11) is 0. The van der Waals surface area contributed by atoms with E-state index in [9.17, 15) is 14.9 Å². The van der Waals surface area contributed by atoms with Gasteiger partial charge in [-0.2, -0.15) is 5.26 Å². The van der Waals surface area contributed by atoms with Gasteiger partial charge in [0.2, 0.25) is 5.91 Å². The average Bonchev–Trinajstić information content (AvgIpc) is 2.86. The van der Waals surface area contributed by atoms with Gasteiger partial charge in [0.1, 0.15) is 5.84 Å². The molecule has 11 heteroatoms. The predicted molar refractivity (Wildman–Crippen MR) is 136 cm³/mol. The van der Waals surface area contributed by atoms with E-state index in [1.807, 2.05) is 0 Å². The number of amides is 2. The fraction of sp³-hybridized carbons (Fsp3) is 0.840. The van der Waals surface area contributed by atoms with Crippen molar-refractivity contribution in [2.45, 2.75) is 57.5 Å². The van der Waals surface area contributed by atoms with E-state index in [2.05, 4.69) is 40.9 Å². The summed E-state index contributed by atoms with van der Waals surface area (Å²) < 4.78 is 0. The molecule has 36 heavy (non-hydrogen) atoms. The highest BCUT2D eigenvalue weighted by Crippen LogP contribution is 2.60. The number of rotatable bonds is 4. The minimum Gasteiger partial charge on any atom is -0.465 e. The van der Waals surface area contributed by atoms with Gasteiger partial charge in [-0.25, -0.2) is 4.79 Å². The van der Waals surface area contributed by atoms with Crippen molar-refractivity contribution >= 4 is 17.8 Å². The van der Waals surface area contributed by atoms with Crippen LogP contribution in [0.25, 0.3) is 0 Å². The molecule has 11 nitrogen and oxygen atoms in total. The van der Waals surface area contributed by atoms with Crippen LogP contribution in [0.3, 0.4) is 0 Å². The first-order valence-corrected chi connectivity index (χ1v) is 13.3. The number of hydrogen-bond donors (Lipinski definition) is 5. The summed E-state index contributed by atoms with van der Waals surface area (Å²) in [6.07, 6.45) is 6.32. The quantitative estimate of drug-likeness (QED) is 0.160. The van der Waals surface area contributed by atoms with E-state index < -0.39 is 6.09 Å². The predicted octanol–water partition coefficient (Wildman–Crippen LogP) is 0.389. The van der Waals surface area contributed by atoms with E-state index in [0.29, 0.717) is 30.8 Å². The Bertz CT molecular complexity index is 872. The Balaban J connectivity index is 0.000000286. The second-order valence-electron chi connectivity index (χ2n) is 11.6. The first-order valence-electron chi connectivity index (χ1n) is 13.3. The van der Waals surface area contributed by atoms with Crippen LogP contribution in [0, 0.1) is 34.6 Å². The molecule has 2 amide bonds. The number of carboxylic acid groups (broad SMARTS) is 1. The van der Waals surface area contributed by atoms with Crippen LogP contribution in [0.15, 0.2) is 4.99 Å². The van der Waals surface area contributed by atoms with Gasteiger partial charge in [-0.15, -0.1) is 0 Å². The van der Waals surface area contributed by atoms with Gasteiger partial charge in [0.15, 0.2) is 6.19 Å². The van der Waals surface area contributed by atoms with E-state index in [0.717, 1.165) is 77.2 Å². The van der Waals surface area contributed by atoms with Crippen LogP contribution >= 0.6 is 0 Å². The van der Waals surface area contributed by atoms with Crippen LogP contribution in [-0.4, -0.2) is 96.7 Å². The molecule has 4 aliphatic carbocycles. The number of hydrogen-bond acceptors (Lipinski definition) is 7. The lowest BCUT2D eigenvalue weighted by atomic mass is 9.48. The van der Waals surface area contributed by atoms with Crippen LogP contribution in [0.5, 0.6) is 0 Å². The molecule has 6 N–H and O–H groups in total. The summed E-state index contributed by atoms with van der Waals surface area (Å²) in [6.45, 7) is 10.9. The molecule has 4 saturated carbocycles. The molecule has 0 radical (unpaired) electrons. The summed E-state index contributed by atoms with van der Waals surface area (Å²) >= 11 is 0. The van der Waals surface area contributed by atoms with E-state index >= 15 is 0 Å². The minimum atomic E-state index is -0.809. The Morgan fingerprint density at radius 2 is 1.61 bits per heavy atom. The average molecular weight is 503 g/mol. The van der Waals surface area contributed by atoms with E-state index in [-0.39, 0.29) is 22.9 Å². The molecule has 0 spiro atoms. The molecule has 2 unspecified atom stereocenters. The van der Waals surface area contributed by atoms with Crippen molar-refractivity contribution in [2.75, 3.05) is 52.4 Å². The van der Waals surface area contributed by atoms with Gasteiger partial charge >= 0.3 is 6.09 Å². The lowest BCUT2D eigenvalue weighted by molar-refractivity contribution is -0.144. The minimum absolute atomic E-state index is 0.110. The summed E-state index contributed by atoms with van der Waals surface area (Å²) in [5.74, 6) is 2.12. The third-order valence-electron chi connectivity index (χ3n) is 9.07. The summed E-state index contributed by atoms with van der Waals surface area (Å²) in [5, 5.41) is 27.2. The standard InChI is InChI=1S/C20H32N6O.C5H10N2O2/c1-19(2,26-5-3-23-4-6-26)18(24-12-21)25-16-14-7-13-8-15(16)11-20(9-13,10-14)17(22)27;8-5(9)7-3-1-6-2-4-7/h13-16,23H,3-11H2,1-2H3,(H2,22,27)(H,24,25);6H,1-4H2,(H,8,9). The second kappa shape index (κ2) is 10.9. The zero-order valence-corrected chi connectivity index (χ0v) is 21.6. The van der Waals surface area contributed by atoms with Crippen LogP contribution in [-0.2, 0) is 4.79 Å². The van der Waals surface area contributed by atoms with Crippen molar-refractivity contribution < 1.29 is 14.7 Å². The number of aliphatic imine (C=N–C) groups is 1. The third-order valence-corrected chi connectivity index (χ3v) is 9.07. The molecule has 2 atom stereocenters. The van der Waals surface area contributed by atoms with E-state index in [1.165, 1.54) is 4.90 Å². The molecule has 2 aliphatic heterocycles. The van der Waals surface area contributed by atoms with Crippen molar-refractivity contribution in [2.24, 2.45) is 33.9 Å². The van der Waals surface area contributed by atoms with Gasteiger partial charge in [-0.1, -0.05) is 0 Å². The Kier molecular flexibility index (Phi) is 8.07. The fourth-order valence-corrected chi connectivity index (χ4v) is 7.29. The highest BCUT2D eigenvalue weighted by atomic mass is 16.4. The number of carbonyl (C=O) groups excluding carboxylic acids is 1. The topological polar surface area (TPSA) is 159 Å². The number of nitrogens with zero attached hydrogens (tertiary/aromatic N) is 4. The van der Waals surface area contributed by atoms with Crippen molar-refractivity contribution in [3.63, 3.8) is 0 Å². The summed E-state index contributed by atoms with van der Waals surface area (Å²) in [4.78, 5) is 31.4. The summed E-state index contributed by atoms with van der Waals surface area (Å²) in [6, 6.07) is 0.201. The van der Waals surface area contributed by atoms with Crippen molar-refractivity contribution in [3.05, 3.63) is 0 Å². The molecule has 0 aromatic carbocycles. The van der Waals surface area contributed by atoms with Gasteiger partial charge in [-0.3, -0.25) is 20.0 Å². The Morgan fingerprint density at radius 3 is 2.08 bits per heavy atom. The highest BCUT2D eigenvalue weighted by molar-refractivity contribution is 5.92. The van der Waals surface area contributed by atoms with Crippen molar-refractivity contribution in [1.82, 2.24) is 25.8 Å². The fourth-order valence-electron chi connectivity index (χ4n) is 7.29. The molecule has 4 bridgehead atoms. The van der Waals surface area contributed by atoms with Gasteiger partial charge in [-0.05, 0) is 63.7 Å². The van der Waals surface area contributed by atoms with Gasteiger partial charge < -0.3 is 26.4 Å². The van der Waals surface area contributed by atoms with Crippen LogP contribution in [0.2, 0.25) is 0 Å². The number of amidine groups is 1. The van der Waals surface area contributed by atoms with E-state index in [1.54, 1.807) is 0 Å². The molecule has 0 aromatic rings. The second-order valence-corrected chi connectivity index (χ2v) is 11.6. The molecule has 6 rings (SSSR count). The smallest absolute Gasteiger partial charge is 0.407 e. The molecule has 2 heterocycles. The first-order chi connectivity index (χ1) is 17.2. The SMILES string of the molecule is CC(C)(C(=NC1C2CC3CC1CC(C(N)=O)(C3)C2)NC#N)N1CCNCC1.O=C(O)N1CCNCC1. The number of nitriles is 1. The van der Waals surface area contributed by atoms with Crippen LogP contribution < -0.4 is 21.7 Å². The lowest BCUT2D eigenvalue weighted by Crippen LogP contribution is -2.61. The molecule has 6 fully saturated rings. The zero-order valence-electron chi connectivity index (χ0n) is 21.6. The zero-order chi connectivity index (χ0) is 25.9. The molecular weight excluding hydrogens is 460 g/mol. The van der Waals surface area contributed by atoms with Gasteiger partial charge in [0.25, 0.3) is 0 Å². The summed E-state index contributed by atoms with van der Waals surface area (Å²) in [5.41, 5.74) is 5.21. The number of nitrogens with one attached hydrogen (secondary N) is 3. The van der Waals surface area contributed by atoms with Crippen LogP contribution in [0.4, 0.5) is 4.79 Å². The molecule has 200 valence electrons. The monoisotopic (exact) mass is 502 g/mol. The maximum absolute atomic E-state index is 12.2. The maximum atomic E-state index is 12.2. The first kappa shape index (κ1) is 26.6. The largest absolute Gasteiger partial charge is 0.465 e. The molecule has 6 aliphatic rings. The van der Waals surface area contributed by atoms with Gasteiger partial charge in [0.05, 0.1) is 11.6 Å². The molecule has 0 aromatic heterocycles. The Morgan fingerprint density at radius 1 is 1.06 bits per heavy atom. The Labute approximate surface area is 213 Å².